The highest BCUT2D eigenvalue weighted by atomic mass is 16.5. The number of rotatable bonds is 3. The molecular formula is C13H17NO3. The topological polar surface area (TPSA) is 49.8 Å². The van der Waals surface area contributed by atoms with E-state index in [0.717, 1.165) is 12.0 Å². The van der Waals surface area contributed by atoms with Gasteiger partial charge in [-0.25, -0.2) is 0 Å². The minimum absolute atomic E-state index is 0.0373. The molecule has 0 radical (unpaired) electrons. The number of hydrogen-bond acceptors (Lipinski definition) is 4. The van der Waals surface area contributed by atoms with Crippen LogP contribution in [0, 0.1) is 0 Å². The van der Waals surface area contributed by atoms with Crippen molar-refractivity contribution >= 4 is 12.0 Å². The van der Waals surface area contributed by atoms with Crippen LogP contribution in [-0.4, -0.2) is 43.3 Å². The van der Waals surface area contributed by atoms with Crippen LogP contribution in [0.5, 0.6) is 0 Å². The van der Waals surface area contributed by atoms with Crippen LogP contribution >= 0.6 is 0 Å². The first-order chi connectivity index (χ1) is 8.24. The number of carbonyl (C=O) groups excluding carboxylic acids is 1. The Hall–Kier alpha value is -1.39. The molecule has 2 unspecified atom stereocenters. The Bertz CT molecular complexity index is 377. The first-order valence-corrected chi connectivity index (χ1v) is 5.79. The van der Waals surface area contributed by atoms with Crippen LogP contribution in [0.4, 0.5) is 5.69 Å². The van der Waals surface area contributed by atoms with Gasteiger partial charge in [0.15, 0.2) is 0 Å². The smallest absolute Gasteiger partial charge is 0.150 e. The summed E-state index contributed by atoms with van der Waals surface area (Å²) < 4.78 is 5.49. The summed E-state index contributed by atoms with van der Waals surface area (Å²) >= 11 is 0. The number of anilines is 1. The Labute approximate surface area is 101 Å². The van der Waals surface area contributed by atoms with Gasteiger partial charge in [-0.2, -0.15) is 0 Å². The van der Waals surface area contributed by atoms with Gasteiger partial charge >= 0.3 is 0 Å². The van der Waals surface area contributed by atoms with Crippen molar-refractivity contribution in [2.45, 2.75) is 19.1 Å². The lowest BCUT2D eigenvalue weighted by Crippen LogP contribution is -2.49. The van der Waals surface area contributed by atoms with Crippen molar-refractivity contribution in [1.82, 2.24) is 0 Å². The summed E-state index contributed by atoms with van der Waals surface area (Å²) in [6.07, 6.45) is 0.709. The van der Waals surface area contributed by atoms with E-state index in [9.17, 15) is 4.79 Å². The van der Waals surface area contributed by atoms with Gasteiger partial charge in [0.05, 0.1) is 19.3 Å². The second-order valence-electron chi connectivity index (χ2n) is 4.35. The number of aliphatic hydroxyl groups is 1. The lowest BCUT2D eigenvalue weighted by atomic mass is 10.1. The van der Waals surface area contributed by atoms with Gasteiger partial charge in [-0.3, -0.25) is 4.79 Å². The maximum atomic E-state index is 10.6. The average Bonchev–Trinajstić information content (AvgIpc) is 2.39. The van der Waals surface area contributed by atoms with Crippen LogP contribution in [0.15, 0.2) is 24.3 Å². The van der Waals surface area contributed by atoms with Crippen LogP contribution < -0.4 is 4.90 Å². The SMILES string of the molecule is CC1COC(CO)CN1c1ccc(C=O)cc1. The summed E-state index contributed by atoms with van der Waals surface area (Å²) in [5.41, 5.74) is 1.73. The van der Waals surface area contributed by atoms with Gasteiger partial charge in [-0.15, -0.1) is 0 Å². The summed E-state index contributed by atoms with van der Waals surface area (Å²) in [4.78, 5) is 12.8. The third-order valence-electron chi connectivity index (χ3n) is 3.07. The van der Waals surface area contributed by atoms with E-state index in [0.29, 0.717) is 18.7 Å². The predicted molar refractivity (Wildman–Crippen MR) is 65.5 cm³/mol. The summed E-state index contributed by atoms with van der Waals surface area (Å²) in [6, 6.07) is 7.75. The molecule has 0 amide bonds. The molecule has 2 atom stereocenters. The summed E-state index contributed by atoms with van der Waals surface area (Å²) in [6.45, 7) is 3.41. The van der Waals surface area contributed by atoms with Crippen molar-refractivity contribution in [2.24, 2.45) is 0 Å². The molecule has 0 bridgehead atoms. The first kappa shape index (κ1) is 12.1. The molecule has 4 heteroatoms. The molecule has 1 saturated heterocycles. The highest BCUT2D eigenvalue weighted by Crippen LogP contribution is 2.21. The Morgan fingerprint density at radius 1 is 1.47 bits per heavy atom. The van der Waals surface area contributed by atoms with E-state index in [1.807, 2.05) is 12.1 Å². The highest BCUT2D eigenvalue weighted by molar-refractivity contribution is 5.75. The molecule has 1 N–H and O–H groups in total. The number of benzene rings is 1. The first-order valence-electron chi connectivity index (χ1n) is 5.79. The lowest BCUT2D eigenvalue weighted by Gasteiger charge is -2.39. The van der Waals surface area contributed by atoms with E-state index < -0.39 is 0 Å². The normalized spacial score (nSPS) is 24.7. The number of ether oxygens (including phenoxy) is 1. The molecule has 1 aliphatic rings. The number of carbonyl (C=O) groups is 1. The maximum absolute atomic E-state index is 10.6. The fourth-order valence-corrected chi connectivity index (χ4v) is 2.03. The minimum atomic E-state index is -0.128. The van der Waals surface area contributed by atoms with E-state index in [4.69, 9.17) is 9.84 Å². The van der Waals surface area contributed by atoms with E-state index >= 15 is 0 Å². The molecule has 0 aliphatic carbocycles. The Kier molecular flexibility index (Phi) is 3.76. The van der Waals surface area contributed by atoms with E-state index in [-0.39, 0.29) is 18.8 Å². The van der Waals surface area contributed by atoms with Crippen LogP contribution in [0.3, 0.4) is 0 Å². The molecule has 17 heavy (non-hydrogen) atoms. The predicted octanol–water partition coefficient (Wildman–Crippen LogP) is 1.09. The molecule has 1 heterocycles. The fraction of sp³-hybridized carbons (Fsp3) is 0.462. The van der Waals surface area contributed by atoms with Crippen LogP contribution in [0.1, 0.15) is 17.3 Å². The molecule has 1 aliphatic heterocycles. The molecule has 0 spiro atoms. The monoisotopic (exact) mass is 235 g/mol. The quantitative estimate of drug-likeness (QED) is 0.797. The summed E-state index contributed by atoms with van der Waals surface area (Å²) in [5, 5.41) is 9.13. The molecule has 1 fully saturated rings. The summed E-state index contributed by atoms with van der Waals surface area (Å²) in [5.74, 6) is 0. The van der Waals surface area contributed by atoms with Gasteiger partial charge in [0.1, 0.15) is 6.29 Å². The van der Waals surface area contributed by atoms with Gasteiger partial charge in [0, 0.05) is 23.8 Å². The summed E-state index contributed by atoms with van der Waals surface area (Å²) in [7, 11) is 0. The molecule has 0 saturated carbocycles. The van der Waals surface area contributed by atoms with Gasteiger partial charge in [0.2, 0.25) is 0 Å². The number of nitrogens with zero attached hydrogens (tertiary/aromatic N) is 1. The molecule has 2 rings (SSSR count). The number of aliphatic hydroxyl groups excluding tert-OH is 1. The third kappa shape index (κ3) is 2.65. The van der Waals surface area contributed by atoms with Crippen LogP contribution in [0.2, 0.25) is 0 Å². The molecule has 4 nitrogen and oxygen atoms in total. The number of morpholine rings is 1. The van der Waals surface area contributed by atoms with E-state index in [1.54, 1.807) is 12.1 Å². The minimum Gasteiger partial charge on any atom is -0.394 e. The second kappa shape index (κ2) is 5.29. The van der Waals surface area contributed by atoms with Crippen molar-refractivity contribution in [3.8, 4) is 0 Å². The maximum Gasteiger partial charge on any atom is 0.150 e. The van der Waals surface area contributed by atoms with Crippen molar-refractivity contribution in [1.29, 1.82) is 0 Å². The number of aldehydes is 1. The van der Waals surface area contributed by atoms with Gasteiger partial charge in [-0.1, -0.05) is 0 Å². The second-order valence-corrected chi connectivity index (χ2v) is 4.35. The standard InChI is InChI=1S/C13H17NO3/c1-10-9-17-13(8-16)6-14(10)12-4-2-11(7-15)3-5-12/h2-5,7,10,13,16H,6,8-9H2,1H3. The highest BCUT2D eigenvalue weighted by Gasteiger charge is 2.25. The largest absolute Gasteiger partial charge is 0.394 e. The Balaban J connectivity index is 2.15. The third-order valence-corrected chi connectivity index (χ3v) is 3.07. The Morgan fingerprint density at radius 3 is 2.76 bits per heavy atom. The van der Waals surface area contributed by atoms with Gasteiger partial charge in [-0.05, 0) is 31.2 Å². The van der Waals surface area contributed by atoms with E-state index in [2.05, 4.69) is 11.8 Å². The Morgan fingerprint density at radius 2 is 2.18 bits per heavy atom. The zero-order valence-corrected chi connectivity index (χ0v) is 9.87. The van der Waals surface area contributed by atoms with Crippen molar-refractivity contribution in [3.05, 3.63) is 29.8 Å². The molecule has 1 aromatic carbocycles. The van der Waals surface area contributed by atoms with Crippen molar-refractivity contribution < 1.29 is 14.6 Å². The van der Waals surface area contributed by atoms with Crippen molar-refractivity contribution in [3.63, 3.8) is 0 Å². The molecule has 92 valence electrons. The van der Waals surface area contributed by atoms with Crippen LogP contribution in [0.25, 0.3) is 0 Å². The number of hydrogen-bond donors (Lipinski definition) is 1. The molecule has 0 aromatic heterocycles. The van der Waals surface area contributed by atoms with Crippen molar-refractivity contribution in [2.75, 3.05) is 24.7 Å². The molecule has 1 aromatic rings. The fourth-order valence-electron chi connectivity index (χ4n) is 2.03. The van der Waals surface area contributed by atoms with Crippen LogP contribution in [-0.2, 0) is 4.74 Å². The zero-order chi connectivity index (χ0) is 12.3. The molecular weight excluding hydrogens is 218 g/mol. The van der Waals surface area contributed by atoms with Gasteiger partial charge in [0.25, 0.3) is 0 Å². The lowest BCUT2D eigenvalue weighted by molar-refractivity contribution is -0.0103. The van der Waals surface area contributed by atoms with E-state index in [1.165, 1.54) is 0 Å². The van der Waals surface area contributed by atoms with Gasteiger partial charge < -0.3 is 14.7 Å². The zero-order valence-electron chi connectivity index (χ0n) is 9.87. The average molecular weight is 235 g/mol.